The smallest absolute Gasteiger partial charge is 0.257 e. The average Bonchev–Trinajstić information content (AvgIpc) is 2.94. The van der Waals surface area contributed by atoms with E-state index < -0.39 is 0 Å². The first-order chi connectivity index (χ1) is 10.2. The Morgan fingerprint density at radius 3 is 3.00 bits per heavy atom. The summed E-state index contributed by atoms with van der Waals surface area (Å²) in [6.07, 6.45) is 0.827. The lowest BCUT2D eigenvalue weighted by Gasteiger charge is -2.09. The molecule has 1 amide bonds. The molecule has 0 fully saturated rings. The first-order valence-electron chi connectivity index (χ1n) is 6.77. The summed E-state index contributed by atoms with van der Waals surface area (Å²) in [6.45, 7) is 4.15. The quantitative estimate of drug-likeness (QED) is 0.612. The number of hydrogen-bond donors (Lipinski definition) is 2. The van der Waals surface area contributed by atoms with Crippen molar-refractivity contribution in [1.82, 2.24) is 10.6 Å². The highest BCUT2D eigenvalue weighted by atomic mass is 32.1. The van der Waals surface area contributed by atoms with Crippen LogP contribution in [0.2, 0.25) is 0 Å². The Morgan fingerprint density at radius 1 is 1.38 bits per heavy atom. The lowest BCUT2D eigenvalue weighted by molar-refractivity contribution is 0.0976. The highest BCUT2D eigenvalue weighted by molar-refractivity contribution is 7.80. The predicted molar refractivity (Wildman–Crippen MR) is 81.7 cm³/mol. The van der Waals surface area contributed by atoms with Gasteiger partial charge in [0.2, 0.25) is 6.79 Å². The maximum atomic E-state index is 12.0. The van der Waals surface area contributed by atoms with Gasteiger partial charge >= 0.3 is 0 Å². The van der Waals surface area contributed by atoms with Gasteiger partial charge < -0.3 is 19.5 Å². The van der Waals surface area contributed by atoms with Gasteiger partial charge in [0.1, 0.15) is 0 Å². The lowest BCUT2D eigenvalue weighted by Crippen LogP contribution is -2.39. The molecule has 114 valence electrons. The Balaban J connectivity index is 1.77. The van der Waals surface area contributed by atoms with Crippen molar-refractivity contribution in [3.05, 3.63) is 23.8 Å². The van der Waals surface area contributed by atoms with E-state index in [4.69, 9.17) is 26.4 Å². The van der Waals surface area contributed by atoms with Crippen LogP contribution in [0.15, 0.2) is 18.2 Å². The second-order valence-electron chi connectivity index (χ2n) is 4.33. The minimum Gasteiger partial charge on any atom is -0.454 e. The van der Waals surface area contributed by atoms with Crippen molar-refractivity contribution < 1.29 is 19.0 Å². The summed E-state index contributed by atoms with van der Waals surface area (Å²) >= 11 is 5.07. The SMILES string of the molecule is CCOCCCNC(=S)NC(=O)c1ccc2c(c1)OCO2. The maximum Gasteiger partial charge on any atom is 0.257 e. The fraction of sp³-hybridized carbons (Fsp3) is 0.429. The Hall–Kier alpha value is -1.86. The molecule has 0 unspecified atom stereocenters. The molecule has 21 heavy (non-hydrogen) atoms. The summed E-state index contributed by atoms with van der Waals surface area (Å²) in [5.41, 5.74) is 0.470. The molecule has 0 bridgehead atoms. The first kappa shape index (κ1) is 15.5. The molecule has 7 heteroatoms. The molecule has 1 aromatic rings. The van der Waals surface area contributed by atoms with Gasteiger partial charge in [0.25, 0.3) is 5.91 Å². The van der Waals surface area contributed by atoms with Crippen LogP contribution >= 0.6 is 12.2 Å². The molecular weight excluding hydrogens is 292 g/mol. The molecule has 0 saturated carbocycles. The van der Waals surface area contributed by atoms with E-state index in [1.165, 1.54) is 0 Å². The van der Waals surface area contributed by atoms with Gasteiger partial charge in [-0.25, -0.2) is 0 Å². The van der Waals surface area contributed by atoms with Crippen LogP contribution in [0.25, 0.3) is 0 Å². The molecule has 1 aromatic carbocycles. The van der Waals surface area contributed by atoms with Gasteiger partial charge in [-0.05, 0) is 43.8 Å². The summed E-state index contributed by atoms with van der Waals surface area (Å²) in [7, 11) is 0. The van der Waals surface area contributed by atoms with Crippen LogP contribution in [0.5, 0.6) is 11.5 Å². The van der Waals surface area contributed by atoms with E-state index in [9.17, 15) is 4.79 Å². The highest BCUT2D eigenvalue weighted by Crippen LogP contribution is 2.32. The second-order valence-corrected chi connectivity index (χ2v) is 4.74. The number of amides is 1. The summed E-state index contributed by atoms with van der Waals surface area (Å²) in [5.74, 6) is 0.928. The molecule has 2 N–H and O–H groups in total. The Bertz CT molecular complexity index is 522. The van der Waals surface area contributed by atoms with E-state index in [1.807, 2.05) is 6.92 Å². The van der Waals surface area contributed by atoms with E-state index >= 15 is 0 Å². The maximum absolute atomic E-state index is 12.0. The summed E-state index contributed by atoms with van der Waals surface area (Å²) in [5, 5.41) is 5.88. The molecular formula is C14H18N2O4S. The van der Waals surface area contributed by atoms with Crippen molar-refractivity contribution >= 4 is 23.2 Å². The van der Waals surface area contributed by atoms with Crippen LogP contribution < -0.4 is 20.1 Å². The van der Waals surface area contributed by atoms with E-state index in [0.717, 1.165) is 6.42 Å². The molecule has 0 saturated heterocycles. The third-order valence-corrected chi connectivity index (χ3v) is 3.06. The number of thiocarbonyl (C=S) groups is 1. The van der Waals surface area contributed by atoms with Gasteiger partial charge in [0.05, 0.1) is 0 Å². The topological polar surface area (TPSA) is 68.8 Å². The van der Waals surface area contributed by atoms with Crippen LogP contribution in [0.1, 0.15) is 23.7 Å². The summed E-state index contributed by atoms with van der Waals surface area (Å²) < 4.78 is 15.6. The van der Waals surface area contributed by atoms with Crippen molar-refractivity contribution in [2.75, 3.05) is 26.6 Å². The van der Waals surface area contributed by atoms with Crippen molar-refractivity contribution in [2.45, 2.75) is 13.3 Å². The standard InChI is InChI=1S/C14H18N2O4S/c1-2-18-7-3-6-15-14(21)16-13(17)10-4-5-11-12(8-10)20-9-19-11/h4-5,8H,2-3,6-7,9H2,1H3,(H2,15,16,17,21). The zero-order chi connectivity index (χ0) is 15.1. The average molecular weight is 310 g/mol. The lowest BCUT2D eigenvalue weighted by atomic mass is 10.2. The molecule has 0 radical (unpaired) electrons. The van der Waals surface area contributed by atoms with E-state index in [2.05, 4.69) is 10.6 Å². The minimum absolute atomic E-state index is 0.181. The van der Waals surface area contributed by atoms with Crippen LogP contribution in [0.3, 0.4) is 0 Å². The number of hydrogen-bond acceptors (Lipinski definition) is 5. The first-order valence-corrected chi connectivity index (χ1v) is 7.18. The Morgan fingerprint density at radius 2 is 2.19 bits per heavy atom. The van der Waals surface area contributed by atoms with Crippen LogP contribution in [-0.4, -0.2) is 37.6 Å². The minimum atomic E-state index is -0.282. The molecule has 0 aliphatic carbocycles. The van der Waals surface area contributed by atoms with Gasteiger partial charge in [0.15, 0.2) is 16.6 Å². The Labute approximate surface area is 128 Å². The summed E-state index contributed by atoms with van der Waals surface area (Å²) in [6, 6.07) is 5.01. The molecule has 1 aliphatic heterocycles. The van der Waals surface area contributed by atoms with Gasteiger partial charge in [0, 0.05) is 25.3 Å². The van der Waals surface area contributed by atoms with Crippen molar-refractivity contribution in [3.63, 3.8) is 0 Å². The normalized spacial score (nSPS) is 12.0. The monoisotopic (exact) mass is 310 g/mol. The zero-order valence-electron chi connectivity index (χ0n) is 11.8. The summed E-state index contributed by atoms with van der Waals surface area (Å²) in [4.78, 5) is 12.0. The van der Waals surface area contributed by atoms with Crippen LogP contribution in [0.4, 0.5) is 0 Å². The van der Waals surface area contributed by atoms with Gasteiger partial charge in [-0.3, -0.25) is 10.1 Å². The van der Waals surface area contributed by atoms with Crippen molar-refractivity contribution in [3.8, 4) is 11.5 Å². The van der Waals surface area contributed by atoms with Crippen LogP contribution in [-0.2, 0) is 4.74 Å². The van der Waals surface area contributed by atoms with E-state index in [1.54, 1.807) is 18.2 Å². The van der Waals surface area contributed by atoms with Gasteiger partial charge in [-0.1, -0.05) is 0 Å². The number of nitrogens with one attached hydrogen (secondary N) is 2. The number of rotatable bonds is 6. The number of carbonyl (C=O) groups excluding carboxylic acids is 1. The third-order valence-electron chi connectivity index (χ3n) is 2.82. The molecule has 0 spiro atoms. The number of ether oxygens (including phenoxy) is 3. The van der Waals surface area contributed by atoms with Crippen molar-refractivity contribution in [1.29, 1.82) is 0 Å². The third kappa shape index (κ3) is 4.57. The fourth-order valence-corrected chi connectivity index (χ4v) is 1.97. The predicted octanol–water partition coefficient (Wildman–Crippen LogP) is 1.45. The number of carbonyl (C=O) groups is 1. The molecule has 0 atom stereocenters. The Kier molecular flexibility index (Phi) is 5.77. The van der Waals surface area contributed by atoms with E-state index in [-0.39, 0.29) is 12.7 Å². The molecule has 1 heterocycles. The highest BCUT2D eigenvalue weighted by Gasteiger charge is 2.16. The molecule has 6 nitrogen and oxygen atoms in total. The fourth-order valence-electron chi connectivity index (χ4n) is 1.78. The largest absolute Gasteiger partial charge is 0.454 e. The van der Waals surface area contributed by atoms with Gasteiger partial charge in [-0.2, -0.15) is 0 Å². The van der Waals surface area contributed by atoms with Gasteiger partial charge in [-0.15, -0.1) is 0 Å². The molecule has 2 rings (SSSR count). The second kappa shape index (κ2) is 7.80. The van der Waals surface area contributed by atoms with Crippen LogP contribution in [0, 0.1) is 0 Å². The van der Waals surface area contributed by atoms with E-state index in [0.29, 0.717) is 41.9 Å². The molecule has 0 aromatic heterocycles. The number of fused-ring (bicyclic) bond motifs is 1. The van der Waals surface area contributed by atoms with Crippen molar-refractivity contribution in [2.24, 2.45) is 0 Å². The number of benzene rings is 1. The molecule has 1 aliphatic rings. The zero-order valence-corrected chi connectivity index (χ0v) is 12.6.